The van der Waals surface area contributed by atoms with Crippen molar-refractivity contribution in [2.24, 2.45) is 0 Å². The highest BCUT2D eigenvalue weighted by Crippen LogP contribution is 2.39. The van der Waals surface area contributed by atoms with Gasteiger partial charge in [0, 0.05) is 12.1 Å². The van der Waals surface area contributed by atoms with E-state index in [2.05, 4.69) is 51.3 Å². The Labute approximate surface area is 203 Å². The molecular formula is C27H29BF4O3. The van der Waals surface area contributed by atoms with Crippen LogP contribution in [0, 0.1) is 13.8 Å². The average Bonchev–Trinajstić information content (AvgIpc) is 2.78. The third-order valence-corrected chi connectivity index (χ3v) is 5.00. The predicted octanol–water partition coefficient (Wildman–Crippen LogP) is 8.29. The molecule has 0 atom stereocenters. The Hall–Kier alpha value is -3.55. The van der Waals surface area contributed by atoms with Crippen molar-refractivity contribution in [3.8, 4) is 34.1 Å². The number of rotatable bonds is 8. The molecule has 1 aromatic heterocycles. The van der Waals surface area contributed by atoms with Crippen molar-refractivity contribution in [3.63, 3.8) is 0 Å². The van der Waals surface area contributed by atoms with Crippen LogP contribution in [0.1, 0.15) is 22.3 Å². The Morgan fingerprint density at radius 3 is 1.46 bits per heavy atom. The van der Waals surface area contributed by atoms with Gasteiger partial charge in [-0.25, -0.2) is 4.42 Å². The second kappa shape index (κ2) is 12.2. The zero-order valence-corrected chi connectivity index (χ0v) is 20.3. The van der Waals surface area contributed by atoms with Gasteiger partial charge in [-0.05, 0) is 67.1 Å². The topological polar surface area (TPSA) is 29.8 Å². The van der Waals surface area contributed by atoms with Crippen molar-refractivity contribution in [1.29, 1.82) is 0 Å². The molecule has 2 aromatic carbocycles. The molecular weight excluding hydrogens is 459 g/mol. The van der Waals surface area contributed by atoms with E-state index in [1.807, 2.05) is 30.4 Å². The molecule has 0 aliphatic heterocycles. The molecule has 0 amide bonds. The molecule has 0 unspecified atom stereocenters. The van der Waals surface area contributed by atoms with Crippen LogP contribution in [0.15, 0.2) is 72.2 Å². The number of hydrogen-bond acceptors (Lipinski definition) is 2. The van der Waals surface area contributed by atoms with Crippen molar-refractivity contribution in [1.82, 2.24) is 0 Å². The number of methoxy groups -OCH3 is 2. The maximum absolute atomic E-state index is 9.75. The highest BCUT2D eigenvalue weighted by atomic mass is 19.5. The standard InChI is InChI=1S/C27H29O3.BF4/c1-7-10-20-14-18(3)16-22(26(20)28-5)24-12-9-13-25(30-24)23-17-19(4)15-21(11-8-2)27(23)29-6;2-1(3,4)5/h7-9,12-17H,1-2,10-11H2,3-6H3;/q+1;-1. The van der Waals surface area contributed by atoms with Gasteiger partial charge in [0.15, 0.2) is 0 Å². The SMILES string of the molecule is C=CCc1cc(C)cc(-c2cccc(-c3cc(C)cc(CC=C)c3OC)[o+]2)c1OC.F[B-](F)(F)F. The van der Waals surface area contributed by atoms with Gasteiger partial charge in [0.2, 0.25) is 0 Å². The Bertz CT molecular complexity index is 1100. The van der Waals surface area contributed by atoms with Crippen LogP contribution < -0.4 is 9.47 Å². The van der Waals surface area contributed by atoms with Crippen molar-refractivity contribution in [3.05, 3.63) is 90.0 Å². The van der Waals surface area contributed by atoms with E-state index in [4.69, 9.17) is 13.9 Å². The van der Waals surface area contributed by atoms with E-state index in [0.29, 0.717) is 0 Å². The average molecular weight is 488 g/mol. The lowest BCUT2D eigenvalue weighted by molar-refractivity contribution is 0.368. The summed E-state index contributed by atoms with van der Waals surface area (Å²) < 4.78 is 56.9. The first kappa shape index (κ1) is 27.7. The minimum absolute atomic E-state index is 0.730. The molecule has 3 rings (SSSR count). The number of hydrogen-bond donors (Lipinski definition) is 0. The van der Waals surface area contributed by atoms with Gasteiger partial charge in [0.1, 0.15) is 22.6 Å². The normalized spacial score (nSPS) is 10.7. The van der Waals surface area contributed by atoms with Gasteiger partial charge < -0.3 is 26.7 Å². The summed E-state index contributed by atoms with van der Waals surface area (Å²) in [4.78, 5) is 0. The lowest BCUT2D eigenvalue weighted by atomic mass is 9.99. The first-order chi connectivity index (χ1) is 16.5. The number of aryl methyl sites for hydroxylation is 2. The van der Waals surface area contributed by atoms with Gasteiger partial charge in [-0.2, -0.15) is 0 Å². The van der Waals surface area contributed by atoms with E-state index in [1.165, 1.54) is 0 Å². The van der Waals surface area contributed by atoms with Crippen LogP contribution in [-0.4, -0.2) is 21.5 Å². The second-order valence-corrected chi connectivity index (χ2v) is 7.85. The van der Waals surface area contributed by atoms with Gasteiger partial charge in [0.25, 0.3) is 0 Å². The molecule has 0 radical (unpaired) electrons. The van der Waals surface area contributed by atoms with E-state index in [9.17, 15) is 17.3 Å². The van der Waals surface area contributed by atoms with E-state index in [1.54, 1.807) is 14.2 Å². The second-order valence-electron chi connectivity index (χ2n) is 7.85. The molecule has 1 heterocycles. The number of benzene rings is 2. The summed E-state index contributed by atoms with van der Waals surface area (Å²) in [5, 5.41) is 0. The van der Waals surface area contributed by atoms with Crippen molar-refractivity contribution >= 4 is 7.25 Å². The fourth-order valence-electron chi connectivity index (χ4n) is 3.86. The first-order valence-electron chi connectivity index (χ1n) is 10.9. The third kappa shape index (κ3) is 7.74. The largest absolute Gasteiger partial charge is 0.673 e. The highest BCUT2D eigenvalue weighted by Gasteiger charge is 2.25. The van der Waals surface area contributed by atoms with Crippen LogP contribution in [0.5, 0.6) is 11.5 Å². The Kier molecular flexibility index (Phi) is 9.69. The fourth-order valence-corrected chi connectivity index (χ4v) is 3.86. The van der Waals surface area contributed by atoms with Gasteiger partial charge in [0.05, 0.1) is 14.2 Å². The Morgan fingerprint density at radius 2 is 1.14 bits per heavy atom. The maximum Gasteiger partial charge on any atom is 0.673 e. The minimum Gasteiger partial charge on any atom is -0.495 e. The molecule has 0 aliphatic rings. The summed E-state index contributed by atoms with van der Waals surface area (Å²) in [6.45, 7) is 11.9. The molecule has 0 spiro atoms. The third-order valence-electron chi connectivity index (χ3n) is 5.00. The molecule has 0 saturated heterocycles. The number of halogens is 4. The Morgan fingerprint density at radius 1 is 0.771 bits per heavy atom. The van der Waals surface area contributed by atoms with E-state index in [0.717, 1.165) is 69.2 Å². The molecule has 0 fully saturated rings. The molecule has 0 N–H and O–H groups in total. The quantitative estimate of drug-likeness (QED) is 0.138. The Balaban J connectivity index is 0.000000784. The number of allylic oxidation sites excluding steroid dienone is 2. The summed E-state index contributed by atoms with van der Waals surface area (Å²) >= 11 is 0. The molecule has 8 heteroatoms. The van der Waals surface area contributed by atoms with Gasteiger partial charge in [-0.3, -0.25) is 0 Å². The molecule has 0 saturated carbocycles. The maximum atomic E-state index is 9.75. The van der Waals surface area contributed by atoms with Crippen LogP contribution in [0.4, 0.5) is 17.3 Å². The first-order valence-corrected chi connectivity index (χ1v) is 10.9. The van der Waals surface area contributed by atoms with E-state index < -0.39 is 7.25 Å². The molecule has 3 nitrogen and oxygen atoms in total. The molecule has 0 aliphatic carbocycles. The van der Waals surface area contributed by atoms with Crippen LogP contribution in [0.2, 0.25) is 0 Å². The lowest BCUT2D eigenvalue weighted by Gasteiger charge is -2.12. The summed E-state index contributed by atoms with van der Waals surface area (Å²) in [6.07, 6.45) is 5.23. The summed E-state index contributed by atoms with van der Waals surface area (Å²) in [7, 11) is -2.62. The molecule has 0 bridgehead atoms. The fraction of sp³-hybridized carbons (Fsp3) is 0.222. The highest BCUT2D eigenvalue weighted by molar-refractivity contribution is 6.50. The van der Waals surface area contributed by atoms with Crippen LogP contribution in [0.25, 0.3) is 22.6 Å². The van der Waals surface area contributed by atoms with E-state index >= 15 is 0 Å². The summed E-state index contributed by atoms with van der Waals surface area (Å²) in [5.74, 6) is 3.11. The van der Waals surface area contributed by atoms with Crippen molar-refractivity contribution in [2.75, 3.05) is 14.2 Å². The number of ether oxygens (including phenoxy) is 2. The molecule has 3 aromatic rings. The molecule has 186 valence electrons. The minimum atomic E-state index is -6.00. The van der Waals surface area contributed by atoms with E-state index in [-0.39, 0.29) is 0 Å². The van der Waals surface area contributed by atoms with Gasteiger partial charge in [-0.15, -0.1) is 13.2 Å². The smallest absolute Gasteiger partial charge is 0.495 e. The summed E-state index contributed by atoms with van der Waals surface area (Å²) in [6, 6.07) is 14.3. The van der Waals surface area contributed by atoms with Gasteiger partial charge in [-0.1, -0.05) is 24.3 Å². The molecule has 35 heavy (non-hydrogen) atoms. The van der Waals surface area contributed by atoms with Crippen LogP contribution in [0.3, 0.4) is 0 Å². The zero-order valence-electron chi connectivity index (χ0n) is 20.3. The van der Waals surface area contributed by atoms with Gasteiger partial charge >= 0.3 is 18.8 Å². The lowest BCUT2D eigenvalue weighted by Crippen LogP contribution is -2.02. The van der Waals surface area contributed by atoms with Crippen LogP contribution in [-0.2, 0) is 12.8 Å². The van der Waals surface area contributed by atoms with Crippen molar-refractivity contribution in [2.45, 2.75) is 26.7 Å². The predicted molar refractivity (Wildman–Crippen MR) is 135 cm³/mol. The summed E-state index contributed by atoms with van der Waals surface area (Å²) in [5.41, 5.74) is 6.31. The zero-order chi connectivity index (χ0) is 26.2. The monoisotopic (exact) mass is 488 g/mol. The van der Waals surface area contributed by atoms with Crippen molar-refractivity contribution < 1.29 is 31.2 Å². The van der Waals surface area contributed by atoms with Crippen LogP contribution >= 0.6 is 0 Å².